The monoisotopic (exact) mass is 355 g/mol. The summed E-state index contributed by atoms with van der Waals surface area (Å²) in [5.41, 5.74) is 2.47. The van der Waals surface area contributed by atoms with Crippen LogP contribution in [0.3, 0.4) is 0 Å². The van der Waals surface area contributed by atoms with Gasteiger partial charge in [-0.25, -0.2) is 4.98 Å². The minimum absolute atomic E-state index is 0.00506. The fourth-order valence-corrected chi connectivity index (χ4v) is 3.16. The normalized spacial score (nSPS) is 16.7. The number of benzene rings is 1. The Kier molecular flexibility index (Phi) is 5.68. The Morgan fingerprint density at radius 2 is 2.23 bits per heavy atom. The number of fused-ring (bicyclic) bond motifs is 1. The van der Waals surface area contributed by atoms with E-state index in [0.717, 1.165) is 30.6 Å². The number of anilines is 1. The third kappa shape index (κ3) is 4.11. The van der Waals surface area contributed by atoms with Gasteiger partial charge in [-0.05, 0) is 38.4 Å². The second-order valence-electron chi connectivity index (χ2n) is 6.53. The molecule has 2 heterocycles. The zero-order valence-corrected chi connectivity index (χ0v) is 15.2. The van der Waals surface area contributed by atoms with Gasteiger partial charge in [0.15, 0.2) is 0 Å². The van der Waals surface area contributed by atoms with Crippen molar-refractivity contribution in [3.63, 3.8) is 0 Å². The first-order valence-corrected chi connectivity index (χ1v) is 8.97. The molecular weight excluding hydrogens is 330 g/mol. The van der Waals surface area contributed by atoms with Crippen LogP contribution in [0.25, 0.3) is 0 Å². The Morgan fingerprint density at radius 3 is 3.00 bits per heavy atom. The number of imidazole rings is 1. The average molecular weight is 355 g/mol. The number of nitrogens with one attached hydrogen (secondary N) is 2. The molecular formula is C19H25N5O2. The number of carbonyl (C=O) groups excluding carboxylic acids is 2. The molecule has 1 aromatic heterocycles. The molecule has 0 bridgehead atoms. The molecule has 3 rings (SSSR count). The van der Waals surface area contributed by atoms with E-state index in [4.69, 9.17) is 0 Å². The van der Waals surface area contributed by atoms with Crippen LogP contribution in [-0.4, -0.2) is 52.4 Å². The lowest BCUT2D eigenvalue weighted by atomic mass is 10.1. The third-order valence-corrected chi connectivity index (χ3v) is 4.78. The fraction of sp³-hybridized carbons (Fsp3) is 0.421. The topological polar surface area (TPSA) is 79.3 Å². The third-order valence-electron chi connectivity index (χ3n) is 4.78. The number of amides is 2. The molecule has 1 atom stereocenters. The number of rotatable bonds is 6. The molecule has 2 N–H and O–H groups in total. The van der Waals surface area contributed by atoms with Gasteiger partial charge in [-0.2, -0.15) is 0 Å². The van der Waals surface area contributed by atoms with Gasteiger partial charge in [-0.1, -0.05) is 18.2 Å². The lowest BCUT2D eigenvalue weighted by molar-refractivity contribution is -0.120. The lowest BCUT2D eigenvalue weighted by Gasteiger charge is -2.25. The zero-order valence-electron chi connectivity index (χ0n) is 15.2. The van der Waals surface area contributed by atoms with Gasteiger partial charge in [0.2, 0.25) is 5.91 Å². The molecule has 2 amide bonds. The molecule has 1 aromatic carbocycles. The van der Waals surface area contributed by atoms with Crippen molar-refractivity contribution in [2.45, 2.75) is 32.4 Å². The molecule has 0 spiro atoms. The summed E-state index contributed by atoms with van der Waals surface area (Å²) in [5.74, 6) is -0.186. The number of likely N-dealkylation sites (N-methyl/N-ethyl adjacent to an activating group) is 1. The van der Waals surface area contributed by atoms with Crippen molar-refractivity contribution in [1.29, 1.82) is 0 Å². The fourth-order valence-electron chi connectivity index (χ4n) is 3.16. The minimum atomic E-state index is -0.210. The van der Waals surface area contributed by atoms with Gasteiger partial charge < -0.3 is 15.2 Å². The first-order valence-electron chi connectivity index (χ1n) is 8.97. The van der Waals surface area contributed by atoms with E-state index in [1.165, 1.54) is 0 Å². The summed E-state index contributed by atoms with van der Waals surface area (Å²) < 4.78 is 1.86. The SMILES string of the molecule is CCn1cnc(C(=O)NCCN(C)C2CCc3ccccc3NC2=O)c1. The van der Waals surface area contributed by atoms with E-state index in [2.05, 4.69) is 15.6 Å². The van der Waals surface area contributed by atoms with Gasteiger partial charge in [-0.15, -0.1) is 0 Å². The van der Waals surface area contributed by atoms with Crippen LogP contribution in [0.15, 0.2) is 36.8 Å². The van der Waals surface area contributed by atoms with Crippen LogP contribution in [0.1, 0.15) is 29.4 Å². The zero-order chi connectivity index (χ0) is 18.5. The number of carbonyl (C=O) groups is 2. The van der Waals surface area contributed by atoms with E-state index in [9.17, 15) is 9.59 Å². The molecule has 0 radical (unpaired) electrons. The Hall–Kier alpha value is -2.67. The molecule has 1 aliphatic rings. The van der Waals surface area contributed by atoms with Crippen LogP contribution in [0, 0.1) is 0 Å². The molecule has 138 valence electrons. The highest BCUT2D eigenvalue weighted by Crippen LogP contribution is 2.23. The van der Waals surface area contributed by atoms with E-state index in [0.29, 0.717) is 18.8 Å². The van der Waals surface area contributed by atoms with Crippen molar-refractivity contribution >= 4 is 17.5 Å². The Morgan fingerprint density at radius 1 is 1.42 bits per heavy atom. The van der Waals surface area contributed by atoms with Gasteiger partial charge >= 0.3 is 0 Å². The Bertz CT molecular complexity index is 786. The molecule has 0 saturated heterocycles. The first-order chi connectivity index (χ1) is 12.6. The molecule has 7 heteroatoms. The van der Waals surface area contributed by atoms with E-state index in [1.54, 1.807) is 12.5 Å². The number of para-hydroxylation sites is 1. The van der Waals surface area contributed by atoms with Crippen LogP contribution in [0.5, 0.6) is 0 Å². The predicted molar refractivity (Wildman–Crippen MR) is 100 cm³/mol. The number of aromatic nitrogens is 2. The highest BCUT2D eigenvalue weighted by molar-refractivity contribution is 5.96. The Balaban J connectivity index is 1.51. The maximum atomic E-state index is 12.5. The van der Waals surface area contributed by atoms with Crippen molar-refractivity contribution in [2.24, 2.45) is 0 Å². The van der Waals surface area contributed by atoms with Crippen molar-refractivity contribution < 1.29 is 9.59 Å². The van der Waals surface area contributed by atoms with Crippen LogP contribution < -0.4 is 10.6 Å². The van der Waals surface area contributed by atoms with E-state index in [1.807, 2.05) is 47.7 Å². The second-order valence-corrected chi connectivity index (χ2v) is 6.53. The summed E-state index contributed by atoms with van der Waals surface area (Å²) in [5, 5.41) is 5.87. The maximum Gasteiger partial charge on any atom is 0.271 e. The van der Waals surface area contributed by atoms with Gasteiger partial charge in [-0.3, -0.25) is 14.5 Å². The average Bonchev–Trinajstić information content (AvgIpc) is 3.05. The van der Waals surface area contributed by atoms with E-state index < -0.39 is 0 Å². The first kappa shape index (κ1) is 18.1. The number of aryl methyl sites for hydroxylation is 2. The van der Waals surface area contributed by atoms with E-state index in [-0.39, 0.29) is 17.9 Å². The Labute approximate surface area is 153 Å². The van der Waals surface area contributed by atoms with Crippen molar-refractivity contribution in [1.82, 2.24) is 19.8 Å². The smallest absolute Gasteiger partial charge is 0.271 e. The molecule has 2 aromatic rings. The summed E-state index contributed by atoms with van der Waals surface area (Å²) in [6.07, 6.45) is 4.99. The van der Waals surface area contributed by atoms with Gasteiger partial charge in [0.25, 0.3) is 5.91 Å². The summed E-state index contributed by atoms with van der Waals surface area (Å²) >= 11 is 0. The summed E-state index contributed by atoms with van der Waals surface area (Å²) in [4.78, 5) is 30.7. The van der Waals surface area contributed by atoms with Crippen molar-refractivity contribution in [3.8, 4) is 0 Å². The summed E-state index contributed by atoms with van der Waals surface area (Å²) in [7, 11) is 1.91. The second kappa shape index (κ2) is 8.14. The summed E-state index contributed by atoms with van der Waals surface area (Å²) in [6.45, 7) is 3.83. The molecule has 0 aliphatic carbocycles. The molecule has 1 aliphatic heterocycles. The predicted octanol–water partition coefficient (Wildman–Crippen LogP) is 1.52. The number of nitrogens with zero attached hydrogens (tertiary/aromatic N) is 3. The van der Waals surface area contributed by atoms with Crippen LogP contribution >= 0.6 is 0 Å². The van der Waals surface area contributed by atoms with Crippen LogP contribution in [0.2, 0.25) is 0 Å². The standard InChI is InChI=1S/C19H25N5O2/c1-3-24-12-16(21-13-24)18(25)20-10-11-23(2)17-9-8-14-6-4-5-7-15(14)22-19(17)26/h4-7,12-13,17H,3,8-11H2,1-2H3,(H,20,25)(H,22,26). The molecule has 0 fully saturated rings. The van der Waals surface area contributed by atoms with Gasteiger partial charge in [0, 0.05) is 31.5 Å². The highest BCUT2D eigenvalue weighted by atomic mass is 16.2. The van der Waals surface area contributed by atoms with Crippen molar-refractivity contribution in [2.75, 3.05) is 25.5 Å². The van der Waals surface area contributed by atoms with Crippen molar-refractivity contribution in [3.05, 3.63) is 48.0 Å². The molecule has 1 unspecified atom stereocenters. The van der Waals surface area contributed by atoms with Gasteiger partial charge in [0.1, 0.15) is 5.69 Å². The highest BCUT2D eigenvalue weighted by Gasteiger charge is 2.26. The number of hydrogen-bond acceptors (Lipinski definition) is 4. The summed E-state index contributed by atoms with van der Waals surface area (Å²) in [6, 6.07) is 7.70. The molecule has 0 saturated carbocycles. The minimum Gasteiger partial charge on any atom is -0.349 e. The quantitative estimate of drug-likeness (QED) is 0.823. The number of hydrogen-bond donors (Lipinski definition) is 2. The van der Waals surface area contributed by atoms with Gasteiger partial charge in [0.05, 0.1) is 12.4 Å². The lowest BCUT2D eigenvalue weighted by Crippen LogP contribution is -2.44. The maximum absolute atomic E-state index is 12.5. The largest absolute Gasteiger partial charge is 0.349 e. The van der Waals surface area contributed by atoms with Crippen LogP contribution in [0.4, 0.5) is 5.69 Å². The molecule has 26 heavy (non-hydrogen) atoms. The van der Waals surface area contributed by atoms with Crippen LogP contribution in [-0.2, 0) is 17.8 Å². The van der Waals surface area contributed by atoms with E-state index >= 15 is 0 Å². The molecule has 7 nitrogen and oxygen atoms in total.